The van der Waals surface area contributed by atoms with Crippen molar-refractivity contribution in [2.45, 2.75) is 6.42 Å². The quantitative estimate of drug-likeness (QED) is 0.639. The Labute approximate surface area is 161 Å². The molecule has 1 amide bonds. The van der Waals surface area contributed by atoms with E-state index >= 15 is 0 Å². The lowest BCUT2D eigenvalue weighted by atomic mass is 10.1. The molecule has 0 spiro atoms. The summed E-state index contributed by atoms with van der Waals surface area (Å²) in [6.45, 7) is 0.695. The first-order chi connectivity index (χ1) is 13.5. The van der Waals surface area contributed by atoms with Crippen molar-refractivity contribution < 1.29 is 18.3 Å². The van der Waals surface area contributed by atoms with E-state index < -0.39 is 17.5 Å². The molecule has 0 atom stereocenters. The molecule has 144 valence electrons. The zero-order chi connectivity index (χ0) is 19.9. The largest absolute Gasteiger partial charge is 0.497 e. The molecule has 3 rings (SSSR count). The highest BCUT2D eigenvalue weighted by molar-refractivity contribution is 6.03. The number of aromatic nitrogens is 1. The lowest BCUT2D eigenvalue weighted by Gasteiger charge is -2.09. The Balaban J connectivity index is 1.53. The molecule has 3 aromatic rings. The number of methoxy groups -OCH3 is 1. The van der Waals surface area contributed by atoms with E-state index in [0.29, 0.717) is 12.6 Å². The molecular weight excluding hydrogens is 364 g/mol. The van der Waals surface area contributed by atoms with Crippen LogP contribution < -0.4 is 15.4 Å². The van der Waals surface area contributed by atoms with Crippen LogP contribution in [0.3, 0.4) is 0 Å². The monoisotopic (exact) mass is 383 g/mol. The number of nitrogens with one attached hydrogen (secondary N) is 2. The van der Waals surface area contributed by atoms with Crippen LogP contribution in [0.2, 0.25) is 0 Å². The van der Waals surface area contributed by atoms with Gasteiger partial charge in [-0.2, -0.15) is 0 Å². The maximum Gasteiger partial charge on any atom is 0.274 e. The van der Waals surface area contributed by atoms with Gasteiger partial charge in [-0.15, -0.1) is 0 Å². The van der Waals surface area contributed by atoms with E-state index in [1.54, 1.807) is 13.2 Å². The van der Waals surface area contributed by atoms with Gasteiger partial charge in [-0.25, -0.2) is 13.8 Å². The van der Waals surface area contributed by atoms with Gasteiger partial charge in [0.05, 0.1) is 24.7 Å². The number of carbonyl (C=O) groups excluding carboxylic acids is 1. The summed E-state index contributed by atoms with van der Waals surface area (Å²) in [5.74, 6) is -1.31. The summed E-state index contributed by atoms with van der Waals surface area (Å²) in [5, 5.41) is 5.60. The number of anilines is 2. The van der Waals surface area contributed by atoms with Gasteiger partial charge >= 0.3 is 0 Å². The average Bonchev–Trinajstić information content (AvgIpc) is 2.71. The molecule has 0 radical (unpaired) electrons. The number of hydrogen-bond acceptors (Lipinski definition) is 4. The molecule has 0 unspecified atom stereocenters. The smallest absolute Gasteiger partial charge is 0.274 e. The Kier molecular flexibility index (Phi) is 6.16. The molecule has 7 heteroatoms. The van der Waals surface area contributed by atoms with Crippen molar-refractivity contribution >= 4 is 17.3 Å². The van der Waals surface area contributed by atoms with E-state index in [2.05, 4.69) is 15.6 Å². The van der Waals surface area contributed by atoms with Crippen molar-refractivity contribution in [3.8, 4) is 5.75 Å². The Morgan fingerprint density at radius 2 is 1.86 bits per heavy atom. The average molecular weight is 383 g/mol. The minimum absolute atomic E-state index is 0.102. The highest BCUT2D eigenvalue weighted by Crippen LogP contribution is 2.16. The Morgan fingerprint density at radius 1 is 1.07 bits per heavy atom. The zero-order valence-corrected chi connectivity index (χ0v) is 15.2. The van der Waals surface area contributed by atoms with Gasteiger partial charge < -0.3 is 15.4 Å². The third-order valence-corrected chi connectivity index (χ3v) is 4.08. The molecule has 0 aliphatic rings. The summed E-state index contributed by atoms with van der Waals surface area (Å²) in [4.78, 5) is 16.2. The third kappa shape index (κ3) is 5.03. The van der Waals surface area contributed by atoms with Crippen molar-refractivity contribution in [3.63, 3.8) is 0 Å². The van der Waals surface area contributed by atoms with Crippen LogP contribution in [0.5, 0.6) is 5.75 Å². The van der Waals surface area contributed by atoms with Crippen molar-refractivity contribution in [1.29, 1.82) is 0 Å². The molecule has 28 heavy (non-hydrogen) atoms. The topological polar surface area (TPSA) is 63.2 Å². The number of ether oxygens (including phenoxy) is 1. The van der Waals surface area contributed by atoms with Crippen LogP contribution in [0.25, 0.3) is 0 Å². The second kappa shape index (κ2) is 8.94. The summed E-state index contributed by atoms with van der Waals surface area (Å²) in [6.07, 6.45) is 2.35. The van der Waals surface area contributed by atoms with Gasteiger partial charge in [0.25, 0.3) is 5.91 Å². The number of halogens is 2. The first kappa shape index (κ1) is 19.3. The normalized spacial score (nSPS) is 10.4. The van der Waals surface area contributed by atoms with Gasteiger partial charge in [-0.1, -0.05) is 12.1 Å². The molecule has 0 bridgehead atoms. The lowest BCUT2D eigenvalue weighted by molar-refractivity contribution is 0.102. The summed E-state index contributed by atoms with van der Waals surface area (Å²) in [7, 11) is 1.63. The van der Waals surface area contributed by atoms with Crippen LogP contribution in [0, 0.1) is 11.6 Å². The summed E-state index contributed by atoms with van der Waals surface area (Å²) in [6, 6.07) is 14.0. The molecule has 1 aromatic heterocycles. The van der Waals surface area contributed by atoms with E-state index in [4.69, 9.17) is 4.74 Å². The van der Waals surface area contributed by atoms with E-state index in [-0.39, 0.29) is 11.4 Å². The number of pyridine rings is 1. The van der Waals surface area contributed by atoms with Gasteiger partial charge in [-0.3, -0.25) is 4.79 Å². The van der Waals surface area contributed by atoms with Gasteiger partial charge in [0.15, 0.2) is 0 Å². The van der Waals surface area contributed by atoms with E-state index in [1.165, 1.54) is 17.8 Å². The molecule has 0 fully saturated rings. The zero-order valence-electron chi connectivity index (χ0n) is 15.2. The second-order valence-electron chi connectivity index (χ2n) is 6.04. The van der Waals surface area contributed by atoms with Crippen LogP contribution in [0.1, 0.15) is 16.1 Å². The van der Waals surface area contributed by atoms with Gasteiger partial charge in [-0.05, 0) is 48.4 Å². The molecule has 5 nitrogen and oxygen atoms in total. The van der Waals surface area contributed by atoms with Gasteiger partial charge in [0.2, 0.25) is 0 Å². The fourth-order valence-corrected chi connectivity index (χ4v) is 2.55. The minimum atomic E-state index is -0.842. The highest BCUT2D eigenvalue weighted by Gasteiger charge is 2.11. The lowest BCUT2D eigenvalue weighted by Crippen LogP contribution is -2.15. The van der Waals surface area contributed by atoms with Gasteiger partial charge in [0.1, 0.15) is 23.1 Å². The number of amides is 1. The van der Waals surface area contributed by atoms with Crippen LogP contribution >= 0.6 is 0 Å². The minimum Gasteiger partial charge on any atom is -0.497 e. The Hall–Kier alpha value is -3.48. The number of hydrogen-bond donors (Lipinski definition) is 2. The first-order valence-corrected chi connectivity index (χ1v) is 8.64. The van der Waals surface area contributed by atoms with Gasteiger partial charge in [0, 0.05) is 12.6 Å². The summed E-state index contributed by atoms with van der Waals surface area (Å²) in [5.41, 5.74) is 1.95. The van der Waals surface area contributed by atoms with Crippen molar-refractivity contribution in [2.24, 2.45) is 0 Å². The van der Waals surface area contributed by atoms with Crippen LogP contribution in [-0.2, 0) is 6.42 Å². The van der Waals surface area contributed by atoms with Crippen LogP contribution in [0.4, 0.5) is 20.2 Å². The highest BCUT2D eigenvalue weighted by atomic mass is 19.1. The SMILES string of the molecule is COc1ccc(CCNc2ccc(C(=O)Nc3ccc(F)cc3F)nc2)cc1. The van der Waals surface area contributed by atoms with Crippen LogP contribution in [0.15, 0.2) is 60.8 Å². The predicted octanol–water partition coefficient (Wildman–Crippen LogP) is 4.28. The fourth-order valence-electron chi connectivity index (χ4n) is 2.55. The molecule has 0 saturated carbocycles. The number of nitrogens with zero attached hydrogens (tertiary/aromatic N) is 1. The Bertz CT molecular complexity index is 945. The van der Waals surface area contributed by atoms with E-state index in [1.807, 2.05) is 24.3 Å². The first-order valence-electron chi connectivity index (χ1n) is 8.64. The van der Waals surface area contributed by atoms with Crippen molar-refractivity contribution in [1.82, 2.24) is 4.98 Å². The standard InChI is InChI=1S/C21H19F2N3O2/c1-28-17-6-2-14(3-7-17)10-11-24-16-5-9-20(25-13-16)21(27)26-19-8-4-15(22)12-18(19)23/h2-9,12-13,24H,10-11H2,1H3,(H,26,27). The molecule has 0 saturated heterocycles. The third-order valence-electron chi connectivity index (χ3n) is 4.08. The number of benzene rings is 2. The number of carbonyl (C=O) groups is 1. The summed E-state index contributed by atoms with van der Waals surface area (Å²) < 4.78 is 31.7. The van der Waals surface area contributed by atoms with Crippen LogP contribution in [-0.4, -0.2) is 24.5 Å². The second-order valence-corrected chi connectivity index (χ2v) is 6.04. The number of rotatable bonds is 7. The molecule has 1 heterocycles. The molecule has 0 aliphatic heterocycles. The summed E-state index contributed by atoms with van der Waals surface area (Å²) >= 11 is 0. The van der Waals surface area contributed by atoms with E-state index in [0.717, 1.165) is 30.0 Å². The Morgan fingerprint density at radius 3 is 2.50 bits per heavy atom. The predicted molar refractivity (Wildman–Crippen MR) is 104 cm³/mol. The molecule has 2 aromatic carbocycles. The molecule has 2 N–H and O–H groups in total. The molecule has 0 aliphatic carbocycles. The molecular formula is C21H19F2N3O2. The van der Waals surface area contributed by atoms with Crippen molar-refractivity contribution in [2.75, 3.05) is 24.3 Å². The van der Waals surface area contributed by atoms with E-state index in [9.17, 15) is 13.6 Å². The fraction of sp³-hybridized carbons (Fsp3) is 0.143. The maximum atomic E-state index is 13.6. The van der Waals surface area contributed by atoms with Crippen molar-refractivity contribution in [3.05, 3.63) is 83.7 Å². The maximum absolute atomic E-state index is 13.6.